The monoisotopic (exact) mass is 510 g/mol. The van der Waals surface area contributed by atoms with Gasteiger partial charge in [0.25, 0.3) is 0 Å². The van der Waals surface area contributed by atoms with Gasteiger partial charge in [0, 0.05) is 31.5 Å². The van der Waals surface area contributed by atoms with Gasteiger partial charge in [0.05, 0.1) is 24.0 Å². The molecule has 0 aromatic carbocycles. The van der Waals surface area contributed by atoms with Gasteiger partial charge in [-0.2, -0.15) is 0 Å². The number of fused-ring (bicyclic) bond motifs is 1. The number of likely N-dealkylation sites (tertiary alicyclic amines) is 1. The van der Waals surface area contributed by atoms with Crippen molar-refractivity contribution >= 4 is 44.4 Å². The largest absolute Gasteiger partial charge is 0.364 e. The SMILES string of the molecule is C=C([C@@H](NC1OCO1)C(C)C)N1CCC[C@H]1c1ncc(C2=CC3SC(Br)=CC3S2)[nH]1. The average molecular weight is 512 g/mol. The Hall–Kier alpha value is -0.710. The summed E-state index contributed by atoms with van der Waals surface area (Å²) >= 11 is 7.42. The van der Waals surface area contributed by atoms with Crippen LogP contribution in [0.3, 0.4) is 0 Å². The number of nitrogens with one attached hydrogen (secondary N) is 2. The summed E-state index contributed by atoms with van der Waals surface area (Å²) < 4.78 is 12.1. The Morgan fingerprint density at radius 1 is 1.33 bits per heavy atom. The number of nitrogens with zero attached hydrogens (tertiary/aromatic N) is 2. The van der Waals surface area contributed by atoms with Gasteiger partial charge < -0.3 is 19.4 Å². The number of ether oxygens (including phenoxy) is 2. The summed E-state index contributed by atoms with van der Waals surface area (Å²) in [6.07, 6.45) is 8.55. The quantitative estimate of drug-likeness (QED) is 0.547. The van der Waals surface area contributed by atoms with Gasteiger partial charge >= 0.3 is 0 Å². The third kappa shape index (κ3) is 4.04. The normalized spacial score (nSPS) is 29.7. The van der Waals surface area contributed by atoms with Crippen LogP contribution in [0.4, 0.5) is 0 Å². The standard InChI is InChI=1S/C21H27BrN4O2S2/c1-11(2)19(25-21-27-10-28-21)12(3)26-6-4-5-14(26)20-23-9-13(24-20)15-7-16-17(29-15)8-18(22)30-16/h7-9,11,14,16-17,19,21,25H,3-6,10H2,1-2H3,(H,23,24)/t14-,16?,17?,19-/m0/s1. The minimum absolute atomic E-state index is 0.0973. The molecule has 1 aromatic heterocycles. The van der Waals surface area contributed by atoms with E-state index in [1.807, 2.05) is 29.7 Å². The molecule has 0 aliphatic carbocycles. The van der Waals surface area contributed by atoms with Gasteiger partial charge in [-0.05, 0) is 40.8 Å². The molecule has 2 unspecified atom stereocenters. The number of H-pyrrole nitrogens is 1. The van der Waals surface area contributed by atoms with Crippen molar-refractivity contribution in [3.05, 3.63) is 46.0 Å². The first kappa shape index (κ1) is 21.2. The fourth-order valence-corrected chi connectivity index (χ4v) is 8.12. The Labute approximate surface area is 194 Å². The lowest BCUT2D eigenvalue weighted by atomic mass is 10.00. The van der Waals surface area contributed by atoms with E-state index in [1.165, 1.54) is 8.72 Å². The Kier molecular flexibility index (Phi) is 6.11. The van der Waals surface area contributed by atoms with Crippen molar-refractivity contribution in [3.8, 4) is 0 Å². The first-order valence-electron chi connectivity index (χ1n) is 10.4. The molecule has 0 radical (unpaired) electrons. The van der Waals surface area contributed by atoms with E-state index in [4.69, 9.17) is 14.5 Å². The summed E-state index contributed by atoms with van der Waals surface area (Å²) in [5.74, 6) is 1.41. The van der Waals surface area contributed by atoms with Gasteiger partial charge in [-0.15, -0.1) is 23.5 Å². The maximum Gasteiger partial charge on any atom is 0.220 e. The number of thioether (sulfide) groups is 2. The molecule has 5 rings (SSSR count). The van der Waals surface area contributed by atoms with Crippen molar-refractivity contribution in [2.24, 2.45) is 5.92 Å². The number of aromatic nitrogens is 2. The predicted octanol–water partition coefficient (Wildman–Crippen LogP) is 4.77. The smallest absolute Gasteiger partial charge is 0.220 e. The van der Waals surface area contributed by atoms with E-state index in [-0.39, 0.29) is 18.5 Å². The van der Waals surface area contributed by atoms with E-state index in [0.29, 0.717) is 23.2 Å². The fraction of sp³-hybridized carbons (Fsp3) is 0.571. The highest BCUT2D eigenvalue weighted by Crippen LogP contribution is 2.51. The molecule has 9 heteroatoms. The first-order valence-corrected chi connectivity index (χ1v) is 13.0. The van der Waals surface area contributed by atoms with Crippen molar-refractivity contribution in [2.75, 3.05) is 13.3 Å². The second-order valence-electron chi connectivity index (χ2n) is 8.36. The Bertz CT molecular complexity index is 882. The molecular formula is C21H27BrN4O2S2. The molecule has 0 saturated carbocycles. The van der Waals surface area contributed by atoms with Crippen LogP contribution in [0, 0.1) is 5.92 Å². The molecule has 2 saturated heterocycles. The summed E-state index contributed by atoms with van der Waals surface area (Å²) in [7, 11) is 0. The van der Waals surface area contributed by atoms with E-state index in [2.05, 4.69) is 63.7 Å². The highest BCUT2D eigenvalue weighted by atomic mass is 79.9. The van der Waals surface area contributed by atoms with Crippen LogP contribution in [-0.4, -0.2) is 51.2 Å². The van der Waals surface area contributed by atoms with E-state index in [0.717, 1.165) is 36.6 Å². The topological polar surface area (TPSA) is 62.4 Å². The molecular weight excluding hydrogens is 484 g/mol. The average Bonchev–Trinajstić information content (AvgIpc) is 3.41. The summed E-state index contributed by atoms with van der Waals surface area (Å²) in [4.78, 5) is 12.1. The second-order valence-corrected chi connectivity index (χ2v) is 12.2. The minimum Gasteiger partial charge on any atom is -0.364 e. The van der Waals surface area contributed by atoms with Crippen LogP contribution in [0.5, 0.6) is 0 Å². The van der Waals surface area contributed by atoms with Crippen LogP contribution in [0.2, 0.25) is 0 Å². The molecule has 4 atom stereocenters. The molecule has 162 valence electrons. The maximum absolute atomic E-state index is 5.41. The Balaban J connectivity index is 1.29. The van der Waals surface area contributed by atoms with E-state index in [9.17, 15) is 0 Å². The van der Waals surface area contributed by atoms with E-state index < -0.39 is 0 Å². The second kappa shape index (κ2) is 8.67. The number of rotatable bonds is 7. The summed E-state index contributed by atoms with van der Waals surface area (Å²) in [5, 5.41) is 4.47. The molecule has 4 aliphatic rings. The summed E-state index contributed by atoms with van der Waals surface area (Å²) in [6.45, 7) is 10.2. The van der Waals surface area contributed by atoms with Crippen LogP contribution in [0.15, 0.2) is 34.4 Å². The van der Waals surface area contributed by atoms with Crippen molar-refractivity contribution in [1.82, 2.24) is 20.2 Å². The van der Waals surface area contributed by atoms with Gasteiger partial charge in [0.2, 0.25) is 6.41 Å². The van der Waals surface area contributed by atoms with Crippen LogP contribution in [0.25, 0.3) is 4.91 Å². The molecule has 0 bridgehead atoms. The third-order valence-corrected chi connectivity index (χ3v) is 9.40. The van der Waals surface area contributed by atoms with Gasteiger partial charge in [0.15, 0.2) is 6.79 Å². The molecule has 4 aliphatic heterocycles. The highest BCUT2D eigenvalue weighted by molar-refractivity contribution is 9.14. The molecule has 2 fully saturated rings. The van der Waals surface area contributed by atoms with Crippen molar-refractivity contribution in [2.45, 2.75) is 55.7 Å². The molecule has 6 nitrogen and oxygen atoms in total. The molecule has 1 aromatic rings. The van der Waals surface area contributed by atoms with Gasteiger partial charge in [-0.3, -0.25) is 5.32 Å². The van der Waals surface area contributed by atoms with Crippen molar-refractivity contribution < 1.29 is 9.47 Å². The van der Waals surface area contributed by atoms with Crippen LogP contribution < -0.4 is 5.32 Å². The number of aromatic amines is 1. The summed E-state index contributed by atoms with van der Waals surface area (Å²) in [5.41, 5.74) is 2.21. The summed E-state index contributed by atoms with van der Waals surface area (Å²) in [6, 6.07) is 0.326. The molecule has 0 spiro atoms. The van der Waals surface area contributed by atoms with Crippen molar-refractivity contribution in [1.29, 1.82) is 0 Å². The Morgan fingerprint density at radius 2 is 2.13 bits per heavy atom. The third-order valence-electron chi connectivity index (χ3n) is 6.02. The van der Waals surface area contributed by atoms with E-state index >= 15 is 0 Å². The predicted molar refractivity (Wildman–Crippen MR) is 127 cm³/mol. The van der Waals surface area contributed by atoms with Gasteiger partial charge in [-0.1, -0.05) is 26.5 Å². The molecule has 5 heterocycles. The highest BCUT2D eigenvalue weighted by Gasteiger charge is 2.36. The van der Waals surface area contributed by atoms with Gasteiger partial charge in [-0.25, -0.2) is 4.98 Å². The van der Waals surface area contributed by atoms with Crippen LogP contribution >= 0.6 is 39.5 Å². The molecule has 2 N–H and O–H groups in total. The number of halogens is 1. The first-order chi connectivity index (χ1) is 14.5. The number of imidazole rings is 1. The number of hydrogen-bond acceptors (Lipinski definition) is 7. The fourth-order valence-electron chi connectivity index (χ4n) is 4.44. The maximum atomic E-state index is 5.41. The van der Waals surface area contributed by atoms with Crippen molar-refractivity contribution in [3.63, 3.8) is 0 Å². The zero-order valence-electron chi connectivity index (χ0n) is 17.1. The molecule has 0 amide bonds. The minimum atomic E-state index is -0.330. The van der Waals surface area contributed by atoms with Crippen LogP contribution in [-0.2, 0) is 9.47 Å². The van der Waals surface area contributed by atoms with Gasteiger partial charge in [0.1, 0.15) is 5.82 Å². The zero-order chi connectivity index (χ0) is 20.8. The lowest BCUT2D eigenvalue weighted by Gasteiger charge is -2.38. The molecule has 30 heavy (non-hydrogen) atoms. The van der Waals surface area contributed by atoms with Crippen LogP contribution in [0.1, 0.15) is 44.2 Å². The lowest BCUT2D eigenvalue weighted by Crippen LogP contribution is -2.52. The number of hydrogen-bond donors (Lipinski definition) is 2. The van der Waals surface area contributed by atoms with E-state index in [1.54, 1.807) is 0 Å². The Morgan fingerprint density at radius 3 is 2.83 bits per heavy atom. The zero-order valence-corrected chi connectivity index (χ0v) is 20.4. The lowest BCUT2D eigenvalue weighted by molar-refractivity contribution is -0.335.